The number of fused-ring (bicyclic) bond motifs is 1. The third-order valence-corrected chi connectivity index (χ3v) is 5.34. The van der Waals surface area contributed by atoms with Crippen LogP contribution in [-0.2, 0) is 9.84 Å². The van der Waals surface area contributed by atoms with Crippen LogP contribution in [0.3, 0.4) is 0 Å². The molecule has 1 aliphatic heterocycles. The molecule has 0 saturated carbocycles. The molecule has 100 valence electrons. The lowest BCUT2D eigenvalue weighted by Gasteiger charge is -2.29. The minimum absolute atomic E-state index is 0.155. The number of aryl methyl sites for hydroxylation is 2. The van der Waals surface area contributed by atoms with Crippen LogP contribution in [0.5, 0.6) is 0 Å². The fourth-order valence-electron chi connectivity index (χ4n) is 2.47. The Morgan fingerprint density at radius 2 is 1.83 bits per heavy atom. The highest BCUT2D eigenvalue weighted by molar-refractivity contribution is 7.91. The minimum Gasteiger partial charge on any atom is -0.308 e. The molecule has 0 radical (unpaired) electrons. The number of hydrogen-bond acceptors (Lipinski definition) is 3. The fourth-order valence-corrected chi connectivity index (χ4v) is 4.15. The van der Waals surface area contributed by atoms with Gasteiger partial charge in [-0.1, -0.05) is 19.9 Å². The molecule has 0 saturated heterocycles. The molecule has 1 aromatic rings. The zero-order chi connectivity index (χ0) is 13.5. The van der Waals surface area contributed by atoms with E-state index in [2.05, 4.69) is 19.2 Å². The summed E-state index contributed by atoms with van der Waals surface area (Å²) >= 11 is 0. The standard InChI is InChI=1S/C14H21NO2S/c1-9(2)15-13-5-6-18(16,17)14-8-11(4)10(3)7-12(13)14/h7-9,13,15H,5-6H2,1-4H3. The average molecular weight is 267 g/mol. The fraction of sp³-hybridized carbons (Fsp3) is 0.571. The van der Waals surface area contributed by atoms with Crippen LogP contribution in [0.1, 0.15) is 43.0 Å². The predicted molar refractivity (Wildman–Crippen MR) is 73.6 cm³/mol. The highest BCUT2D eigenvalue weighted by atomic mass is 32.2. The minimum atomic E-state index is -3.09. The Morgan fingerprint density at radius 3 is 2.44 bits per heavy atom. The van der Waals surface area contributed by atoms with Gasteiger partial charge in [-0.3, -0.25) is 0 Å². The highest BCUT2D eigenvalue weighted by Gasteiger charge is 2.30. The molecule has 0 bridgehead atoms. The SMILES string of the molecule is Cc1cc2c(cc1C)S(=O)(=O)CCC2NC(C)C. The summed E-state index contributed by atoms with van der Waals surface area (Å²) < 4.78 is 24.3. The van der Waals surface area contributed by atoms with E-state index in [1.807, 2.05) is 26.0 Å². The quantitative estimate of drug-likeness (QED) is 0.895. The van der Waals surface area contributed by atoms with Gasteiger partial charge in [-0.2, -0.15) is 0 Å². The highest BCUT2D eigenvalue weighted by Crippen LogP contribution is 2.34. The van der Waals surface area contributed by atoms with Gasteiger partial charge in [-0.25, -0.2) is 8.42 Å². The number of nitrogens with one attached hydrogen (secondary N) is 1. The summed E-state index contributed by atoms with van der Waals surface area (Å²) in [6.07, 6.45) is 0.663. The van der Waals surface area contributed by atoms with Crippen molar-refractivity contribution in [1.82, 2.24) is 5.32 Å². The van der Waals surface area contributed by atoms with Crippen molar-refractivity contribution in [2.75, 3.05) is 5.75 Å². The van der Waals surface area contributed by atoms with Crippen molar-refractivity contribution in [3.05, 3.63) is 28.8 Å². The number of hydrogen-bond donors (Lipinski definition) is 1. The van der Waals surface area contributed by atoms with Crippen molar-refractivity contribution in [3.63, 3.8) is 0 Å². The molecule has 1 heterocycles. The first-order chi connectivity index (χ1) is 8.31. The van der Waals surface area contributed by atoms with Crippen molar-refractivity contribution in [2.45, 2.75) is 51.1 Å². The molecule has 4 heteroatoms. The van der Waals surface area contributed by atoms with E-state index in [4.69, 9.17) is 0 Å². The number of benzene rings is 1. The van der Waals surface area contributed by atoms with Crippen molar-refractivity contribution in [2.24, 2.45) is 0 Å². The number of rotatable bonds is 2. The molecule has 3 nitrogen and oxygen atoms in total. The topological polar surface area (TPSA) is 46.2 Å². The Balaban J connectivity index is 2.55. The van der Waals surface area contributed by atoms with Crippen LogP contribution in [0, 0.1) is 13.8 Å². The van der Waals surface area contributed by atoms with Crippen LogP contribution in [0.15, 0.2) is 17.0 Å². The molecule has 0 aromatic heterocycles. The molecule has 0 amide bonds. The first kappa shape index (κ1) is 13.6. The summed E-state index contributed by atoms with van der Waals surface area (Å²) in [5.41, 5.74) is 3.14. The molecule has 1 aliphatic rings. The zero-order valence-electron chi connectivity index (χ0n) is 11.4. The van der Waals surface area contributed by atoms with Crippen LogP contribution in [-0.4, -0.2) is 20.2 Å². The first-order valence-electron chi connectivity index (χ1n) is 6.41. The van der Waals surface area contributed by atoms with Crippen LogP contribution in [0.2, 0.25) is 0 Å². The molecule has 2 rings (SSSR count). The summed E-state index contributed by atoms with van der Waals surface area (Å²) in [5, 5.41) is 3.46. The van der Waals surface area contributed by atoms with E-state index in [0.717, 1.165) is 16.7 Å². The molecule has 0 fully saturated rings. The van der Waals surface area contributed by atoms with Crippen molar-refractivity contribution < 1.29 is 8.42 Å². The molecule has 1 N–H and O–H groups in total. The van der Waals surface area contributed by atoms with Gasteiger partial charge in [-0.15, -0.1) is 0 Å². The second-order valence-corrected chi connectivity index (χ2v) is 7.53. The first-order valence-corrected chi connectivity index (χ1v) is 8.06. The Bertz CT molecular complexity index is 561. The van der Waals surface area contributed by atoms with Gasteiger partial charge >= 0.3 is 0 Å². The lowest BCUT2D eigenvalue weighted by molar-refractivity contribution is 0.449. The molecular formula is C14H21NO2S. The molecule has 1 atom stereocenters. The van der Waals surface area contributed by atoms with Gasteiger partial charge in [0.15, 0.2) is 9.84 Å². The van der Waals surface area contributed by atoms with Crippen molar-refractivity contribution in [1.29, 1.82) is 0 Å². The second kappa shape index (κ2) is 4.67. The van der Waals surface area contributed by atoms with E-state index < -0.39 is 9.84 Å². The molecule has 1 unspecified atom stereocenters. The van der Waals surface area contributed by atoms with Crippen LogP contribution < -0.4 is 5.32 Å². The molecule has 18 heavy (non-hydrogen) atoms. The summed E-state index contributed by atoms with van der Waals surface area (Å²) in [6, 6.07) is 4.36. The average Bonchev–Trinajstić information content (AvgIpc) is 2.25. The Kier molecular flexibility index (Phi) is 3.52. The molecule has 0 aliphatic carbocycles. The maximum atomic E-state index is 12.1. The smallest absolute Gasteiger partial charge is 0.178 e. The van der Waals surface area contributed by atoms with E-state index in [1.54, 1.807) is 0 Å². The lowest BCUT2D eigenvalue weighted by atomic mass is 9.98. The van der Waals surface area contributed by atoms with Gasteiger partial charge in [0.25, 0.3) is 0 Å². The van der Waals surface area contributed by atoms with E-state index in [-0.39, 0.29) is 11.8 Å². The van der Waals surface area contributed by atoms with Gasteiger partial charge in [0.05, 0.1) is 10.6 Å². The van der Waals surface area contributed by atoms with Gasteiger partial charge < -0.3 is 5.32 Å². The summed E-state index contributed by atoms with van der Waals surface area (Å²) in [6.45, 7) is 8.17. The Labute approximate surface area is 110 Å². The largest absolute Gasteiger partial charge is 0.308 e. The maximum absolute atomic E-state index is 12.1. The summed E-state index contributed by atoms with van der Waals surface area (Å²) in [7, 11) is -3.09. The molecular weight excluding hydrogens is 246 g/mol. The summed E-state index contributed by atoms with van der Waals surface area (Å²) in [5.74, 6) is 0.243. The van der Waals surface area contributed by atoms with Gasteiger partial charge in [0.2, 0.25) is 0 Å². The van der Waals surface area contributed by atoms with Crippen LogP contribution >= 0.6 is 0 Å². The normalized spacial score (nSPS) is 21.9. The van der Waals surface area contributed by atoms with Gasteiger partial charge in [-0.05, 0) is 43.0 Å². The second-order valence-electron chi connectivity index (χ2n) is 5.46. The number of sulfone groups is 1. The molecule has 0 spiro atoms. The zero-order valence-corrected chi connectivity index (χ0v) is 12.3. The van der Waals surface area contributed by atoms with Crippen LogP contribution in [0.4, 0.5) is 0 Å². The summed E-state index contributed by atoms with van der Waals surface area (Å²) in [4.78, 5) is 0.523. The van der Waals surface area contributed by atoms with Crippen LogP contribution in [0.25, 0.3) is 0 Å². The third-order valence-electron chi connectivity index (χ3n) is 3.55. The van der Waals surface area contributed by atoms with E-state index in [0.29, 0.717) is 17.4 Å². The van der Waals surface area contributed by atoms with Crippen molar-refractivity contribution >= 4 is 9.84 Å². The van der Waals surface area contributed by atoms with E-state index >= 15 is 0 Å². The Morgan fingerprint density at radius 1 is 1.22 bits per heavy atom. The monoisotopic (exact) mass is 267 g/mol. The predicted octanol–water partition coefficient (Wildman–Crippen LogP) is 2.52. The Hall–Kier alpha value is -0.870. The van der Waals surface area contributed by atoms with E-state index in [9.17, 15) is 8.42 Å². The third kappa shape index (κ3) is 2.45. The van der Waals surface area contributed by atoms with E-state index in [1.165, 1.54) is 0 Å². The van der Waals surface area contributed by atoms with Gasteiger partial charge in [0, 0.05) is 12.1 Å². The van der Waals surface area contributed by atoms with Gasteiger partial charge in [0.1, 0.15) is 0 Å². The molecule has 1 aromatic carbocycles. The van der Waals surface area contributed by atoms with Crippen molar-refractivity contribution in [3.8, 4) is 0 Å². The maximum Gasteiger partial charge on any atom is 0.178 e. The lowest BCUT2D eigenvalue weighted by Crippen LogP contribution is -2.34.